The highest BCUT2D eigenvalue weighted by molar-refractivity contribution is 6.31. The van der Waals surface area contributed by atoms with Crippen LogP contribution in [-0.2, 0) is 15.0 Å². The van der Waals surface area contributed by atoms with E-state index in [4.69, 9.17) is 16.3 Å². The Balaban J connectivity index is 1.62. The first-order chi connectivity index (χ1) is 15.0. The molecule has 1 heterocycles. The van der Waals surface area contributed by atoms with Crippen molar-refractivity contribution < 1.29 is 14.3 Å². The zero-order valence-corrected chi connectivity index (χ0v) is 17.9. The molecule has 31 heavy (non-hydrogen) atoms. The molecule has 1 aliphatic heterocycles. The second-order valence-electron chi connectivity index (χ2n) is 8.69. The predicted molar refractivity (Wildman–Crippen MR) is 119 cm³/mol. The molecule has 4 aliphatic rings. The van der Waals surface area contributed by atoms with Crippen LogP contribution in [0.4, 0.5) is 5.69 Å². The van der Waals surface area contributed by atoms with Gasteiger partial charge in [0.1, 0.15) is 5.75 Å². The molecule has 1 saturated heterocycles. The lowest BCUT2D eigenvalue weighted by Gasteiger charge is -2.52. The maximum Gasteiger partial charge on any atom is 0.239 e. The average Bonchev–Trinajstić information content (AvgIpc) is 3.05. The first kappa shape index (κ1) is 18.6. The van der Waals surface area contributed by atoms with Gasteiger partial charge in [0.25, 0.3) is 0 Å². The summed E-state index contributed by atoms with van der Waals surface area (Å²) in [6.07, 6.45) is 0. The largest absolute Gasteiger partial charge is 0.495 e. The van der Waals surface area contributed by atoms with Crippen LogP contribution in [0.1, 0.15) is 35.1 Å². The highest BCUT2D eigenvalue weighted by Crippen LogP contribution is 2.64. The molecule has 3 aliphatic carbocycles. The Morgan fingerprint density at radius 2 is 1.52 bits per heavy atom. The Labute approximate surface area is 185 Å². The summed E-state index contributed by atoms with van der Waals surface area (Å²) < 4.78 is 5.48. The van der Waals surface area contributed by atoms with Crippen molar-refractivity contribution in [2.45, 2.75) is 18.3 Å². The molecule has 0 spiro atoms. The molecule has 2 amide bonds. The molecule has 3 aromatic carbocycles. The second kappa shape index (κ2) is 6.21. The number of ether oxygens (including phenoxy) is 1. The Morgan fingerprint density at radius 1 is 0.903 bits per heavy atom. The van der Waals surface area contributed by atoms with Crippen LogP contribution in [0.3, 0.4) is 0 Å². The average molecular weight is 430 g/mol. The molecule has 154 valence electrons. The van der Waals surface area contributed by atoms with E-state index < -0.39 is 17.3 Å². The number of hydrogen-bond acceptors (Lipinski definition) is 3. The summed E-state index contributed by atoms with van der Waals surface area (Å²) in [6.45, 7) is 2.11. The SMILES string of the molecule is COc1ccc(Cl)cc1N1C(=O)[C@@H]2[C@@H](C1=O)C1c3ccccc3C2(C)c2ccccc21. The molecule has 1 fully saturated rings. The van der Waals surface area contributed by atoms with E-state index >= 15 is 0 Å². The third-order valence-electron chi connectivity index (χ3n) is 7.42. The minimum absolute atomic E-state index is 0.147. The topological polar surface area (TPSA) is 46.6 Å². The van der Waals surface area contributed by atoms with Crippen LogP contribution in [0.25, 0.3) is 0 Å². The number of rotatable bonds is 2. The van der Waals surface area contributed by atoms with Crippen molar-refractivity contribution in [2.75, 3.05) is 12.0 Å². The van der Waals surface area contributed by atoms with E-state index in [0.29, 0.717) is 16.5 Å². The molecule has 0 saturated carbocycles. The van der Waals surface area contributed by atoms with Crippen molar-refractivity contribution in [1.29, 1.82) is 0 Å². The molecule has 4 nitrogen and oxygen atoms in total. The fourth-order valence-corrected chi connectivity index (χ4v) is 6.39. The molecule has 5 heteroatoms. The lowest BCUT2D eigenvalue weighted by atomic mass is 9.48. The van der Waals surface area contributed by atoms with Crippen molar-refractivity contribution in [2.24, 2.45) is 11.8 Å². The van der Waals surface area contributed by atoms with Gasteiger partial charge in [-0.3, -0.25) is 9.59 Å². The maximum atomic E-state index is 14.0. The van der Waals surface area contributed by atoms with Crippen molar-refractivity contribution in [3.63, 3.8) is 0 Å². The minimum atomic E-state index is -0.583. The molecule has 0 N–H and O–H groups in total. The summed E-state index contributed by atoms with van der Waals surface area (Å²) in [4.78, 5) is 29.1. The number of hydrogen-bond donors (Lipinski definition) is 0. The molecular formula is C26H20ClNO3. The lowest BCUT2D eigenvalue weighted by Crippen LogP contribution is -2.51. The zero-order chi connectivity index (χ0) is 21.5. The lowest BCUT2D eigenvalue weighted by molar-refractivity contribution is -0.123. The van der Waals surface area contributed by atoms with E-state index in [1.165, 1.54) is 12.0 Å². The number of carbonyl (C=O) groups is 2. The standard InChI is InChI=1S/C26H20ClNO3/c1-26-17-9-5-3-7-15(17)21(16-8-4-6-10-18(16)26)22-23(26)25(30)28(24(22)29)19-13-14(27)11-12-20(19)31-2/h3-13,21-23H,1-2H3/t21?,22-,23-,26?/m0/s1. The third kappa shape index (κ3) is 2.16. The summed E-state index contributed by atoms with van der Waals surface area (Å²) in [6, 6.07) is 21.5. The Hall–Kier alpha value is -3.11. The van der Waals surface area contributed by atoms with Gasteiger partial charge in [0, 0.05) is 16.4 Å². The van der Waals surface area contributed by atoms with E-state index in [0.717, 1.165) is 22.3 Å². The minimum Gasteiger partial charge on any atom is -0.495 e. The fraction of sp³-hybridized carbons (Fsp3) is 0.231. The van der Waals surface area contributed by atoms with E-state index in [-0.39, 0.29) is 17.7 Å². The van der Waals surface area contributed by atoms with Gasteiger partial charge in [0.05, 0.1) is 24.6 Å². The van der Waals surface area contributed by atoms with Crippen LogP contribution in [0.15, 0.2) is 66.7 Å². The van der Waals surface area contributed by atoms with Crippen LogP contribution in [0.2, 0.25) is 5.02 Å². The quantitative estimate of drug-likeness (QED) is 0.543. The third-order valence-corrected chi connectivity index (χ3v) is 7.66. The van der Waals surface area contributed by atoms with Crippen LogP contribution in [0.5, 0.6) is 5.75 Å². The van der Waals surface area contributed by atoms with E-state index in [2.05, 4.69) is 31.2 Å². The number of amides is 2. The normalized spacial score (nSPS) is 27.7. The van der Waals surface area contributed by atoms with Gasteiger partial charge in [-0.25, -0.2) is 4.90 Å². The number of imide groups is 1. The number of methoxy groups -OCH3 is 1. The zero-order valence-electron chi connectivity index (χ0n) is 17.1. The number of benzene rings is 3. The number of halogens is 1. The van der Waals surface area contributed by atoms with Crippen LogP contribution < -0.4 is 9.64 Å². The van der Waals surface area contributed by atoms with Gasteiger partial charge < -0.3 is 4.74 Å². The van der Waals surface area contributed by atoms with Gasteiger partial charge in [0.15, 0.2) is 0 Å². The summed E-state index contributed by atoms with van der Waals surface area (Å²) >= 11 is 6.24. The molecule has 2 bridgehead atoms. The highest BCUT2D eigenvalue weighted by atomic mass is 35.5. The van der Waals surface area contributed by atoms with Crippen molar-refractivity contribution in [3.05, 3.63) is 94.0 Å². The van der Waals surface area contributed by atoms with Gasteiger partial charge in [-0.1, -0.05) is 67.1 Å². The molecule has 3 aromatic rings. The van der Waals surface area contributed by atoms with Crippen molar-refractivity contribution in [3.8, 4) is 5.75 Å². The summed E-state index contributed by atoms with van der Waals surface area (Å²) in [5.41, 5.74) is 4.40. The van der Waals surface area contributed by atoms with Gasteiger partial charge in [-0.05, 0) is 40.5 Å². The second-order valence-corrected chi connectivity index (χ2v) is 9.12. The van der Waals surface area contributed by atoms with E-state index in [9.17, 15) is 9.59 Å². The predicted octanol–water partition coefficient (Wildman–Crippen LogP) is 4.92. The maximum absolute atomic E-state index is 14.0. The van der Waals surface area contributed by atoms with Crippen LogP contribution >= 0.6 is 11.6 Å². The van der Waals surface area contributed by atoms with Gasteiger partial charge in [-0.2, -0.15) is 0 Å². The molecule has 0 aromatic heterocycles. The molecule has 7 rings (SSSR count). The van der Waals surface area contributed by atoms with Gasteiger partial charge in [0.2, 0.25) is 11.8 Å². The van der Waals surface area contributed by atoms with Crippen molar-refractivity contribution >= 4 is 29.1 Å². The van der Waals surface area contributed by atoms with E-state index in [1.54, 1.807) is 18.2 Å². The summed E-state index contributed by atoms with van der Waals surface area (Å²) in [7, 11) is 1.53. The summed E-state index contributed by atoms with van der Waals surface area (Å²) in [5.74, 6) is -0.990. The highest BCUT2D eigenvalue weighted by Gasteiger charge is 2.66. The fourth-order valence-electron chi connectivity index (χ4n) is 6.23. The molecule has 2 atom stereocenters. The summed E-state index contributed by atoms with van der Waals surface area (Å²) in [5, 5.41) is 0.451. The van der Waals surface area contributed by atoms with E-state index in [1.807, 2.05) is 24.3 Å². The number of anilines is 1. The first-order valence-electron chi connectivity index (χ1n) is 10.4. The smallest absolute Gasteiger partial charge is 0.239 e. The molecule has 0 radical (unpaired) electrons. The van der Waals surface area contributed by atoms with Gasteiger partial charge in [-0.15, -0.1) is 0 Å². The monoisotopic (exact) mass is 429 g/mol. The molecular weight excluding hydrogens is 410 g/mol. The Bertz CT molecular complexity index is 1240. The van der Waals surface area contributed by atoms with Crippen molar-refractivity contribution in [1.82, 2.24) is 0 Å². The Morgan fingerprint density at radius 3 is 2.13 bits per heavy atom. The molecule has 0 unspecified atom stereocenters. The van der Waals surface area contributed by atoms with Gasteiger partial charge >= 0.3 is 0 Å². The van der Waals surface area contributed by atoms with Crippen LogP contribution in [0, 0.1) is 11.8 Å². The number of nitrogens with zero attached hydrogens (tertiary/aromatic N) is 1. The first-order valence-corrected chi connectivity index (χ1v) is 10.8. The Kier molecular flexibility index (Phi) is 3.73. The number of carbonyl (C=O) groups excluding carboxylic acids is 2. The van der Waals surface area contributed by atoms with Crippen LogP contribution in [-0.4, -0.2) is 18.9 Å².